The van der Waals surface area contributed by atoms with Gasteiger partial charge in [0.25, 0.3) is 5.56 Å². The maximum atomic E-state index is 12.6. The monoisotopic (exact) mass is 483 g/mol. The molecule has 0 atom stereocenters. The van der Waals surface area contributed by atoms with Crippen molar-refractivity contribution in [3.05, 3.63) is 54.9 Å². The molecule has 0 N–H and O–H groups in total. The zero-order chi connectivity index (χ0) is 21.3. The largest absolute Gasteiger partial charge is 0.492 e. The van der Waals surface area contributed by atoms with E-state index in [-0.39, 0.29) is 28.9 Å². The van der Waals surface area contributed by atoms with Gasteiger partial charge in [-0.2, -0.15) is 4.98 Å². The zero-order valence-electron chi connectivity index (χ0n) is 16.1. The Labute approximate surface area is 179 Å². The minimum Gasteiger partial charge on any atom is -0.492 e. The molecule has 29 heavy (non-hydrogen) atoms. The van der Waals surface area contributed by atoms with Gasteiger partial charge in [0, 0.05) is 25.6 Å². The number of imidazole rings is 1. The molecule has 9 nitrogen and oxygen atoms in total. The molecule has 0 fully saturated rings. The van der Waals surface area contributed by atoms with Crippen molar-refractivity contribution in [1.29, 1.82) is 0 Å². The van der Waals surface area contributed by atoms with Gasteiger partial charge in [-0.25, -0.2) is 4.79 Å². The van der Waals surface area contributed by atoms with Crippen LogP contribution < -0.4 is 16.0 Å². The van der Waals surface area contributed by atoms with Gasteiger partial charge in [0.15, 0.2) is 11.2 Å². The number of aromatic nitrogens is 4. The second kappa shape index (κ2) is 8.42. The summed E-state index contributed by atoms with van der Waals surface area (Å²) in [7, 11) is 4.49. The van der Waals surface area contributed by atoms with Crippen molar-refractivity contribution in [2.45, 2.75) is 6.54 Å². The molecule has 0 bridgehead atoms. The molecule has 2 heterocycles. The maximum absolute atomic E-state index is 12.6. The molecule has 0 aliphatic heterocycles. The summed E-state index contributed by atoms with van der Waals surface area (Å²) in [5.74, 6) is 0.420. The van der Waals surface area contributed by atoms with Crippen LogP contribution in [0.1, 0.15) is 0 Å². The lowest BCUT2D eigenvalue weighted by atomic mass is 10.3. The third-order valence-corrected chi connectivity index (χ3v) is 5.35. The van der Waals surface area contributed by atoms with Gasteiger partial charge in [0.2, 0.25) is 11.2 Å². The second-order valence-corrected chi connectivity index (χ2v) is 7.72. The van der Waals surface area contributed by atoms with Crippen molar-refractivity contribution in [3.63, 3.8) is 0 Å². The van der Waals surface area contributed by atoms with Crippen LogP contribution in [0.2, 0.25) is 5.28 Å². The number of amides is 1. The molecular formula is C18H19BrClN5O4. The van der Waals surface area contributed by atoms with E-state index in [0.717, 1.165) is 9.04 Å². The number of hydrogen-bond donors (Lipinski definition) is 0. The van der Waals surface area contributed by atoms with E-state index in [4.69, 9.17) is 16.3 Å². The lowest BCUT2D eigenvalue weighted by molar-refractivity contribution is -0.130. The van der Waals surface area contributed by atoms with E-state index in [9.17, 15) is 14.4 Å². The standard InChI is InChI=1S/C18H19BrClN5O4/c1-22(8-9-29-12-6-4-11(19)5-7-12)13(26)10-25-14-15(21-17(25)20)23(2)18(28)24(3)16(14)27/h4-7H,8-10H2,1-3H3. The Bertz CT molecular complexity index is 1180. The number of aryl methyl sites for hydroxylation is 1. The zero-order valence-corrected chi connectivity index (χ0v) is 18.4. The van der Waals surface area contributed by atoms with Crippen molar-refractivity contribution in [1.82, 2.24) is 23.6 Å². The van der Waals surface area contributed by atoms with Crippen molar-refractivity contribution >= 4 is 44.6 Å². The van der Waals surface area contributed by atoms with Crippen LogP contribution in [-0.2, 0) is 25.4 Å². The summed E-state index contributed by atoms with van der Waals surface area (Å²) in [6.07, 6.45) is 0. The average Bonchev–Trinajstić information content (AvgIpc) is 3.02. The first kappa shape index (κ1) is 21.1. The summed E-state index contributed by atoms with van der Waals surface area (Å²) in [5.41, 5.74) is -0.835. The fourth-order valence-corrected chi connectivity index (χ4v) is 3.26. The highest BCUT2D eigenvalue weighted by molar-refractivity contribution is 9.10. The van der Waals surface area contributed by atoms with Gasteiger partial charge in [0.05, 0.1) is 6.54 Å². The molecule has 154 valence electrons. The third-order valence-electron chi connectivity index (χ3n) is 4.53. The lowest BCUT2D eigenvalue weighted by Crippen LogP contribution is -2.38. The molecule has 1 aromatic carbocycles. The molecule has 2 aromatic heterocycles. The van der Waals surface area contributed by atoms with Gasteiger partial charge in [-0.05, 0) is 35.9 Å². The van der Waals surface area contributed by atoms with Gasteiger partial charge in [0.1, 0.15) is 18.9 Å². The van der Waals surface area contributed by atoms with Gasteiger partial charge < -0.3 is 9.64 Å². The fourth-order valence-electron chi connectivity index (χ4n) is 2.78. The van der Waals surface area contributed by atoms with E-state index >= 15 is 0 Å². The number of halogens is 2. The number of hydrogen-bond acceptors (Lipinski definition) is 5. The molecule has 0 radical (unpaired) electrons. The summed E-state index contributed by atoms with van der Waals surface area (Å²) in [6.45, 7) is 0.464. The highest BCUT2D eigenvalue weighted by Crippen LogP contribution is 2.17. The molecule has 1 amide bonds. The average molecular weight is 485 g/mol. The first-order chi connectivity index (χ1) is 13.7. The van der Waals surface area contributed by atoms with Gasteiger partial charge in [-0.3, -0.25) is 23.3 Å². The smallest absolute Gasteiger partial charge is 0.332 e. The van der Waals surface area contributed by atoms with Crippen LogP contribution >= 0.6 is 27.5 Å². The molecule has 3 aromatic rings. The van der Waals surface area contributed by atoms with Crippen molar-refractivity contribution < 1.29 is 9.53 Å². The van der Waals surface area contributed by atoms with Gasteiger partial charge in [-0.1, -0.05) is 15.9 Å². The summed E-state index contributed by atoms with van der Waals surface area (Å²) < 4.78 is 10.1. The second-order valence-electron chi connectivity index (χ2n) is 6.46. The third kappa shape index (κ3) is 4.23. The molecule has 0 spiro atoms. The maximum Gasteiger partial charge on any atom is 0.332 e. The quantitative estimate of drug-likeness (QED) is 0.493. The molecule has 0 unspecified atom stereocenters. The predicted molar refractivity (Wildman–Crippen MR) is 112 cm³/mol. The molecule has 11 heteroatoms. The Kier molecular flexibility index (Phi) is 6.13. The van der Waals surface area contributed by atoms with Gasteiger partial charge in [-0.15, -0.1) is 0 Å². The molecule has 0 saturated heterocycles. The SMILES string of the molecule is CN(CCOc1ccc(Br)cc1)C(=O)Cn1c(Cl)nc2c1c(=O)n(C)c(=O)n2C. The first-order valence-electron chi connectivity index (χ1n) is 8.64. The normalized spacial score (nSPS) is 11.1. The van der Waals surface area contributed by atoms with Crippen LogP contribution in [-0.4, -0.2) is 49.7 Å². The minimum absolute atomic E-state index is 0.0360. The van der Waals surface area contributed by atoms with Crippen molar-refractivity contribution in [2.75, 3.05) is 20.2 Å². The Hall–Kier alpha value is -2.59. The lowest BCUT2D eigenvalue weighted by Gasteiger charge is -2.18. The van der Waals surface area contributed by atoms with Crippen molar-refractivity contribution in [3.8, 4) is 5.75 Å². The van der Waals surface area contributed by atoms with E-state index in [1.54, 1.807) is 7.05 Å². The predicted octanol–water partition coefficient (Wildman–Crippen LogP) is 1.39. The van der Waals surface area contributed by atoms with Crippen LogP contribution in [0.3, 0.4) is 0 Å². The van der Waals surface area contributed by atoms with E-state index in [1.165, 1.54) is 28.1 Å². The molecule has 0 saturated carbocycles. The van der Waals surface area contributed by atoms with Crippen LogP contribution in [0.4, 0.5) is 0 Å². The Balaban J connectivity index is 1.74. The molecule has 0 aliphatic rings. The number of rotatable bonds is 6. The number of ether oxygens (including phenoxy) is 1. The Morgan fingerprint density at radius 1 is 1.21 bits per heavy atom. The van der Waals surface area contributed by atoms with Crippen LogP contribution in [0.25, 0.3) is 11.2 Å². The first-order valence-corrected chi connectivity index (χ1v) is 9.82. The summed E-state index contributed by atoms with van der Waals surface area (Å²) in [4.78, 5) is 42.7. The number of carbonyl (C=O) groups is 1. The summed E-state index contributed by atoms with van der Waals surface area (Å²) in [5, 5.41) is -0.0360. The Morgan fingerprint density at radius 3 is 2.52 bits per heavy atom. The van der Waals surface area contributed by atoms with E-state index < -0.39 is 11.2 Å². The summed E-state index contributed by atoms with van der Waals surface area (Å²) in [6, 6.07) is 7.38. The van der Waals surface area contributed by atoms with Crippen LogP contribution in [0, 0.1) is 0 Å². The van der Waals surface area contributed by atoms with E-state index in [0.29, 0.717) is 18.9 Å². The summed E-state index contributed by atoms with van der Waals surface area (Å²) >= 11 is 9.51. The molecular weight excluding hydrogens is 466 g/mol. The van der Waals surface area contributed by atoms with E-state index in [2.05, 4.69) is 20.9 Å². The Morgan fingerprint density at radius 2 is 1.86 bits per heavy atom. The van der Waals surface area contributed by atoms with Gasteiger partial charge >= 0.3 is 5.69 Å². The molecule has 0 aliphatic carbocycles. The highest BCUT2D eigenvalue weighted by atomic mass is 79.9. The fraction of sp³-hybridized carbons (Fsp3) is 0.333. The van der Waals surface area contributed by atoms with Crippen LogP contribution in [0.15, 0.2) is 38.3 Å². The number of carbonyl (C=O) groups excluding carboxylic acids is 1. The topological polar surface area (TPSA) is 91.4 Å². The number of benzene rings is 1. The number of nitrogens with zero attached hydrogens (tertiary/aromatic N) is 5. The number of fused-ring (bicyclic) bond motifs is 1. The number of likely N-dealkylation sites (N-methyl/N-ethyl adjacent to an activating group) is 1. The van der Waals surface area contributed by atoms with E-state index in [1.807, 2.05) is 24.3 Å². The minimum atomic E-state index is -0.559. The van der Waals surface area contributed by atoms with Crippen LogP contribution in [0.5, 0.6) is 5.75 Å². The van der Waals surface area contributed by atoms with Crippen molar-refractivity contribution in [2.24, 2.45) is 14.1 Å². The molecule has 3 rings (SSSR count). The highest BCUT2D eigenvalue weighted by Gasteiger charge is 2.21.